The van der Waals surface area contributed by atoms with E-state index in [9.17, 15) is 14.4 Å². The monoisotopic (exact) mass is 347 g/mol. The van der Waals surface area contributed by atoms with Crippen molar-refractivity contribution in [2.75, 3.05) is 6.54 Å². The first-order valence-electron chi connectivity index (χ1n) is 7.51. The topological polar surface area (TPSA) is 102 Å². The largest absolute Gasteiger partial charge is 0.355 e. The van der Waals surface area contributed by atoms with Crippen molar-refractivity contribution in [3.8, 4) is 5.00 Å². The minimum absolute atomic E-state index is 0.371. The van der Waals surface area contributed by atoms with Crippen LogP contribution in [0, 0.1) is 6.92 Å². The first-order valence-corrected chi connectivity index (χ1v) is 8.33. The number of aromatic amines is 1. The fraction of sp³-hybridized carbons (Fsp3) is 0.333. The molecule has 0 fully saturated rings. The zero-order chi connectivity index (χ0) is 17.4. The Labute approximate surface area is 140 Å². The van der Waals surface area contributed by atoms with E-state index in [2.05, 4.69) is 15.4 Å². The van der Waals surface area contributed by atoms with Gasteiger partial charge in [0.05, 0.1) is 5.39 Å². The summed E-state index contributed by atoms with van der Waals surface area (Å²) >= 11 is 1.28. The van der Waals surface area contributed by atoms with Gasteiger partial charge in [-0.05, 0) is 26.8 Å². The van der Waals surface area contributed by atoms with E-state index in [4.69, 9.17) is 0 Å². The zero-order valence-corrected chi connectivity index (χ0v) is 14.3. The van der Waals surface area contributed by atoms with Gasteiger partial charge in [0.25, 0.3) is 5.56 Å². The summed E-state index contributed by atoms with van der Waals surface area (Å²) in [6.07, 6.45) is 3.41. The molecule has 8 nitrogen and oxygen atoms in total. The Bertz CT molecular complexity index is 1010. The van der Waals surface area contributed by atoms with Gasteiger partial charge in [-0.1, -0.05) is 11.3 Å². The van der Waals surface area contributed by atoms with Crippen molar-refractivity contribution in [1.82, 2.24) is 24.6 Å². The highest BCUT2D eigenvalue weighted by Gasteiger charge is 2.23. The second kappa shape index (κ2) is 6.08. The van der Waals surface area contributed by atoms with Crippen molar-refractivity contribution >= 4 is 27.5 Å². The maximum atomic E-state index is 12.8. The number of H-pyrrole nitrogens is 1. The van der Waals surface area contributed by atoms with Gasteiger partial charge in [-0.3, -0.25) is 14.6 Å². The first-order chi connectivity index (χ1) is 11.5. The summed E-state index contributed by atoms with van der Waals surface area (Å²) in [6, 6.07) is 0.889. The number of fused-ring (bicyclic) bond motifs is 1. The summed E-state index contributed by atoms with van der Waals surface area (Å²) in [5.41, 5.74) is -0.351. The molecule has 3 heterocycles. The Kier molecular flexibility index (Phi) is 4.10. The van der Waals surface area contributed by atoms with Crippen LogP contribution in [0.2, 0.25) is 0 Å². The number of hydrogen-bond donors (Lipinski definition) is 2. The summed E-state index contributed by atoms with van der Waals surface area (Å²) in [5, 5.41) is 7.95. The Balaban J connectivity index is 2.24. The van der Waals surface area contributed by atoms with E-state index in [1.165, 1.54) is 18.3 Å². The highest BCUT2D eigenvalue weighted by molar-refractivity contribution is 7.21. The quantitative estimate of drug-likeness (QED) is 0.733. The van der Waals surface area contributed by atoms with E-state index in [-0.39, 0.29) is 5.91 Å². The molecule has 1 amide bonds. The third kappa shape index (κ3) is 2.46. The molecule has 0 aliphatic heterocycles. The van der Waals surface area contributed by atoms with Gasteiger partial charge in [0.1, 0.15) is 15.9 Å². The molecule has 0 bridgehead atoms. The summed E-state index contributed by atoms with van der Waals surface area (Å²) < 4.78 is 2.61. The number of nitrogens with zero attached hydrogens (tertiary/aromatic N) is 3. The lowest BCUT2D eigenvalue weighted by Gasteiger charge is -2.13. The molecule has 9 heteroatoms. The van der Waals surface area contributed by atoms with Crippen LogP contribution in [-0.4, -0.2) is 31.8 Å². The maximum Gasteiger partial charge on any atom is 0.330 e. The van der Waals surface area contributed by atoms with E-state index in [0.29, 0.717) is 16.8 Å². The SMILES string of the molecule is CCNC(=O)[C@@H](C)n1c(=O)[nH]c2sc(-n3cccn3)c(C)c2c1=O. The molecule has 0 unspecified atom stereocenters. The average molecular weight is 347 g/mol. The van der Waals surface area contributed by atoms with Gasteiger partial charge in [0.2, 0.25) is 5.91 Å². The van der Waals surface area contributed by atoms with Gasteiger partial charge in [0, 0.05) is 24.5 Å². The number of amides is 1. The van der Waals surface area contributed by atoms with Crippen LogP contribution in [-0.2, 0) is 4.79 Å². The van der Waals surface area contributed by atoms with Gasteiger partial charge in [-0.25, -0.2) is 14.0 Å². The second-order valence-corrected chi connectivity index (χ2v) is 6.36. The molecule has 3 aromatic rings. The summed E-state index contributed by atoms with van der Waals surface area (Å²) in [4.78, 5) is 40.4. The molecule has 0 radical (unpaired) electrons. The van der Waals surface area contributed by atoms with E-state index in [1.807, 2.05) is 0 Å². The molecule has 3 aromatic heterocycles. The van der Waals surface area contributed by atoms with E-state index < -0.39 is 17.3 Å². The average Bonchev–Trinajstić information content (AvgIpc) is 3.15. The molecule has 0 aliphatic rings. The number of hydrogen-bond acceptors (Lipinski definition) is 5. The van der Waals surface area contributed by atoms with Gasteiger partial charge in [0.15, 0.2) is 0 Å². The molecule has 0 aromatic carbocycles. The van der Waals surface area contributed by atoms with Crippen LogP contribution in [0.15, 0.2) is 28.0 Å². The number of carbonyl (C=O) groups excluding carboxylic acids is 1. The van der Waals surface area contributed by atoms with Gasteiger partial charge in [-0.2, -0.15) is 5.10 Å². The lowest BCUT2D eigenvalue weighted by Crippen LogP contribution is -2.43. The molecule has 2 N–H and O–H groups in total. The maximum absolute atomic E-state index is 12.8. The van der Waals surface area contributed by atoms with E-state index in [0.717, 1.165) is 15.1 Å². The fourth-order valence-corrected chi connectivity index (χ4v) is 3.75. The third-order valence-electron chi connectivity index (χ3n) is 3.82. The minimum Gasteiger partial charge on any atom is -0.355 e. The first kappa shape index (κ1) is 16.2. The van der Waals surface area contributed by atoms with Crippen molar-refractivity contribution in [3.05, 3.63) is 44.9 Å². The molecule has 3 rings (SSSR count). The van der Waals surface area contributed by atoms with Crippen molar-refractivity contribution < 1.29 is 4.79 Å². The van der Waals surface area contributed by atoms with Crippen molar-refractivity contribution in [2.24, 2.45) is 0 Å². The van der Waals surface area contributed by atoms with Gasteiger partial charge in [-0.15, -0.1) is 0 Å². The Morgan fingerprint density at radius 3 is 2.83 bits per heavy atom. The minimum atomic E-state index is -0.891. The van der Waals surface area contributed by atoms with Crippen LogP contribution in [0.3, 0.4) is 0 Å². The van der Waals surface area contributed by atoms with Crippen LogP contribution in [0.5, 0.6) is 0 Å². The molecule has 0 saturated carbocycles. The van der Waals surface area contributed by atoms with Crippen LogP contribution in [0.1, 0.15) is 25.5 Å². The Hall–Kier alpha value is -2.68. The number of rotatable bonds is 4. The van der Waals surface area contributed by atoms with Crippen LogP contribution in [0.25, 0.3) is 15.2 Å². The van der Waals surface area contributed by atoms with E-state index >= 15 is 0 Å². The number of nitrogens with one attached hydrogen (secondary N) is 2. The molecule has 0 spiro atoms. The molecular formula is C15H17N5O3S. The van der Waals surface area contributed by atoms with Crippen LogP contribution in [0.4, 0.5) is 0 Å². The second-order valence-electron chi connectivity index (χ2n) is 5.36. The molecule has 24 heavy (non-hydrogen) atoms. The molecule has 1 atom stereocenters. The lowest BCUT2D eigenvalue weighted by molar-refractivity contribution is -0.123. The molecule has 126 valence electrons. The normalized spacial score (nSPS) is 12.5. The number of aryl methyl sites for hydroxylation is 1. The van der Waals surface area contributed by atoms with Crippen molar-refractivity contribution in [2.45, 2.75) is 26.8 Å². The van der Waals surface area contributed by atoms with E-state index in [1.54, 1.807) is 37.0 Å². The summed E-state index contributed by atoms with van der Waals surface area (Å²) in [6.45, 7) is 5.54. The Morgan fingerprint density at radius 1 is 1.46 bits per heavy atom. The number of carbonyl (C=O) groups is 1. The van der Waals surface area contributed by atoms with Crippen molar-refractivity contribution in [1.29, 1.82) is 0 Å². The standard InChI is InChI=1S/C15H17N5O3S/c1-4-16-11(21)9(3)20-13(22)10-8(2)14(19-7-5-6-17-19)24-12(10)18-15(20)23/h5-7,9H,4H2,1-3H3,(H,16,21)(H,18,23)/t9-/m1/s1. The van der Waals surface area contributed by atoms with Crippen LogP contribution >= 0.6 is 11.3 Å². The van der Waals surface area contributed by atoms with Crippen molar-refractivity contribution in [3.63, 3.8) is 0 Å². The zero-order valence-electron chi connectivity index (χ0n) is 13.5. The lowest BCUT2D eigenvalue weighted by atomic mass is 10.2. The third-order valence-corrected chi connectivity index (χ3v) is 5.02. The Morgan fingerprint density at radius 2 is 2.21 bits per heavy atom. The number of aromatic nitrogens is 4. The molecular weight excluding hydrogens is 330 g/mol. The summed E-state index contributed by atoms with van der Waals surface area (Å²) in [7, 11) is 0. The number of thiophene rings is 1. The van der Waals surface area contributed by atoms with Crippen LogP contribution < -0.4 is 16.6 Å². The van der Waals surface area contributed by atoms with Gasteiger partial charge >= 0.3 is 5.69 Å². The highest BCUT2D eigenvalue weighted by atomic mass is 32.1. The summed E-state index contributed by atoms with van der Waals surface area (Å²) in [5.74, 6) is -0.371. The molecule has 0 aliphatic carbocycles. The van der Waals surface area contributed by atoms with Gasteiger partial charge < -0.3 is 5.32 Å². The predicted octanol–water partition coefficient (Wildman–Crippen LogP) is 0.943. The smallest absolute Gasteiger partial charge is 0.330 e. The molecule has 0 saturated heterocycles. The fourth-order valence-electron chi connectivity index (χ4n) is 2.62. The number of likely N-dealkylation sites (N-methyl/N-ethyl adjacent to an activating group) is 1. The predicted molar refractivity (Wildman–Crippen MR) is 92.0 cm³/mol. The highest BCUT2D eigenvalue weighted by Crippen LogP contribution is 2.29.